The van der Waals surface area contributed by atoms with Crippen LogP contribution in [0.2, 0.25) is 0 Å². The SMILES string of the molecule is Nc1ncccc1S(=O)(=O)Nc1ccc(F)cn1. The molecule has 0 radical (unpaired) electrons. The van der Waals surface area contributed by atoms with Gasteiger partial charge in [-0.25, -0.2) is 22.8 Å². The minimum absolute atomic E-state index is 0.000321. The number of nitrogens with zero attached hydrogens (tertiary/aromatic N) is 2. The molecule has 3 N–H and O–H groups in total. The molecule has 0 saturated carbocycles. The van der Waals surface area contributed by atoms with Gasteiger partial charge in [-0.2, -0.15) is 0 Å². The first kappa shape index (κ1) is 12.2. The Balaban J connectivity index is 2.33. The van der Waals surface area contributed by atoms with E-state index in [-0.39, 0.29) is 16.5 Å². The van der Waals surface area contributed by atoms with Crippen LogP contribution in [0.15, 0.2) is 41.6 Å². The zero-order valence-corrected chi connectivity index (χ0v) is 9.86. The smallest absolute Gasteiger partial charge is 0.266 e. The second-order valence-corrected chi connectivity index (χ2v) is 5.00. The van der Waals surface area contributed by atoms with Gasteiger partial charge in [-0.15, -0.1) is 0 Å². The molecule has 0 spiro atoms. The first-order chi connectivity index (χ1) is 8.49. The van der Waals surface area contributed by atoms with Gasteiger partial charge in [-0.1, -0.05) is 0 Å². The molecule has 0 amide bonds. The molecule has 0 unspecified atom stereocenters. The predicted molar refractivity (Wildman–Crippen MR) is 63.7 cm³/mol. The quantitative estimate of drug-likeness (QED) is 0.865. The van der Waals surface area contributed by atoms with Gasteiger partial charge in [0, 0.05) is 6.20 Å². The summed E-state index contributed by atoms with van der Waals surface area (Å²) in [6.45, 7) is 0. The number of sulfonamides is 1. The maximum atomic E-state index is 12.6. The van der Waals surface area contributed by atoms with Crippen molar-refractivity contribution in [3.63, 3.8) is 0 Å². The Hall–Kier alpha value is -2.22. The van der Waals surface area contributed by atoms with Gasteiger partial charge in [-0.3, -0.25) is 4.72 Å². The van der Waals surface area contributed by atoms with Crippen LogP contribution >= 0.6 is 0 Å². The van der Waals surface area contributed by atoms with Crippen molar-refractivity contribution in [2.24, 2.45) is 0 Å². The summed E-state index contributed by atoms with van der Waals surface area (Å²) in [6.07, 6.45) is 2.29. The molecular weight excluding hydrogens is 259 g/mol. The van der Waals surface area contributed by atoms with Gasteiger partial charge >= 0.3 is 0 Å². The topological polar surface area (TPSA) is 98.0 Å². The number of aromatic nitrogens is 2. The fraction of sp³-hybridized carbons (Fsp3) is 0. The van der Waals surface area contributed by atoms with Gasteiger partial charge < -0.3 is 5.73 Å². The lowest BCUT2D eigenvalue weighted by molar-refractivity contribution is 0.600. The first-order valence-electron chi connectivity index (χ1n) is 4.84. The van der Waals surface area contributed by atoms with E-state index in [2.05, 4.69) is 14.7 Å². The van der Waals surface area contributed by atoms with Crippen LogP contribution in [-0.2, 0) is 10.0 Å². The summed E-state index contributed by atoms with van der Waals surface area (Å²) < 4.78 is 38.7. The van der Waals surface area contributed by atoms with Crippen LogP contribution in [0.1, 0.15) is 0 Å². The number of nitrogens with two attached hydrogens (primary N) is 1. The summed E-state index contributed by atoms with van der Waals surface area (Å²) in [4.78, 5) is 7.12. The zero-order chi connectivity index (χ0) is 13.2. The molecule has 0 aliphatic heterocycles. The van der Waals surface area contributed by atoms with E-state index >= 15 is 0 Å². The van der Waals surface area contributed by atoms with Crippen LogP contribution < -0.4 is 10.5 Å². The van der Waals surface area contributed by atoms with Crippen molar-refractivity contribution in [1.82, 2.24) is 9.97 Å². The number of nitrogen functional groups attached to an aromatic ring is 1. The fourth-order valence-corrected chi connectivity index (χ4v) is 2.35. The van der Waals surface area contributed by atoms with E-state index < -0.39 is 15.8 Å². The Morgan fingerprint density at radius 2 is 2.00 bits per heavy atom. The highest BCUT2D eigenvalue weighted by molar-refractivity contribution is 7.92. The third-order valence-electron chi connectivity index (χ3n) is 2.06. The van der Waals surface area contributed by atoms with Crippen LogP contribution in [0.5, 0.6) is 0 Å². The highest BCUT2D eigenvalue weighted by atomic mass is 32.2. The van der Waals surface area contributed by atoms with Crippen LogP contribution in [0.25, 0.3) is 0 Å². The average Bonchev–Trinajstić information content (AvgIpc) is 2.32. The Morgan fingerprint density at radius 1 is 1.22 bits per heavy atom. The molecule has 2 aromatic rings. The third kappa shape index (κ3) is 2.54. The molecule has 94 valence electrons. The van der Waals surface area contributed by atoms with E-state index in [9.17, 15) is 12.8 Å². The second-order valence-electron chi connectivity index (χ2n) is 3.35. The highest BCUT2D eigenvalue weighted by Crippen LogP contribution is 2.18. The first-order valence-corrected chi connectivity index (χ1v) is 6.32. The van der Waals surface area contributed by atoms with Crippen molar-refractivity contribution < 1.29 is 12.8 Å². The molecule has 2 rings (SSSR count). The molecule has 8 heteroatoms. The summed E-state index contributed by atoms with van der Waals surface area (Å²) in [5.74, 6) is -0.675. The molecule has 2 heterocycles. The number of nitrogens with one attached hydrogen (secondary N) is 1. The predicted octanol–water partition coefficient (Wildman–Crippen LogP) is 0.999. The number of rotatable bonds is 3. The van der Waals surface area contributed by atoms with E-state index in [0.717, 1.165) is 12.3 Å². The Labute approximate surface area is 103 Å². The van der Waals surface area contributed by atoms with Crippen molar-refractivity contribution in [2.45, 2.75) is 4.90 Å². The van der Waals surface area contributed by atoms with Gasteiger partial charge in [0.25, 0.3) is 10.0 Å². The number of anilines is 2. The van der Waals surface area contributed by atoms with Crippen LogP contribution in [-0.4, -0.2) is 18.4 Å². The molecular formula is C10H9FN4O2S. The molecule has 0 aromatic carbocycles. The van der Waals surface area contributed by atoms with Gasteiger partial charge in [-0.05, 0) is 24.3 Å². The van der Waals surface area contributed by atoms with Crippen molar-refractivity contribution in [1.29, 1.82) is 0 Å². The lowest BCUT2D eigenvalue weighted by Gasteiger charge is -2.08. The molecule has 0 aliphatic rings. The maximum absolute atomic E-state index is 12.6. The lowest BCUT2D eigenvalue weighted by atomic mass is 10.5. The number of hydrogen-bond donors (Lipinski definition) is 2. The standard InChI is InChI=1S/C10H9FN4O2S/c11-7-3-4-9(14-6-7)15-18(16,17)8-2-1-5-13-10(8)12/h1-6H,(H2,12,13)(H,14,15). The average molecular weight is 268 g/mol. The fourth-order valence-electron chi connectivity index (χ4n) is 1.26. The van der Waals surface area contributed by atoms with Gasteiger partial charge in [0.1, 0.15) is 22.3 Å². The number of hydrogen-bond acceptors (Lipinski definition) is 5. The summed E-state index contributed by atoms with van der Waals surface area (Å²) >= 11 is 0. The third-order valence-corrected chi connectivity index (χ3v) is 3.46. The Kier molecular flexibility index (Phi) is 3.11. The van der Waals surface area contributed by atoms with Crippen molar-refractivity contribution in [2.75, 3.05) is 10.5 Å². The van der Waals surface area contributed by atoms with Crippen molar-refractivity contribution in [3.8, 4) is 0 Å². The molecule has 2 aromatic heterocycles. The van der Waals surface area contributed by atoms with Gasteiger partial charge in [0.2, 0.25) is 0 Å². The minimum atomic E-state index is -3.88. The van der Waals surface area contributed by atoms with E-state index in [0.29, 0.717) is 0 Å². The van der Waals surface area contributed by atoms with Crippen molar-refractivity contribution in [3.05, 3.63) is 42.5 Å². The summed E-state index contributed by atoms with van der Waals surface area (Å²) in [6, 6.07) is 5.06. The maximum Gasteiger partial charge on any atom is 0.266 e. The van der Waals surface area contributed by atoms with Gasteiger partial charge in [0.05, 0.1) is 6.20 Å². The summed E-state index contributed by atoms with van der Waals surface area (Å²) in [5.41, 5.74) is 5.47. The lowest BCUT2D eigenvalue weighted by Crippen LogP contribution is -2.16. The highest BCUT2D eigenvalue weighted by Gasteiger charge is 2.18. The van der Waals surface area contributed by atoms with Crippen LogP contribution in [0.4, 0.5) is 16.0 Å². The molecule has 0 fully saturated rings. The van der Waals surface area contributed by atoms with Gasteiger partial charge in [0.15, 0.2) is 0 Å². The largest absolute Gasteiger partial charge is 0.383 e. The normalized spacial score (nSPS) is 11.2. The minimum Gasteiger partial charge on any atom is -0.383 e. The Bertz CT molecular complexity index is 658. The summed E-state index contributed by atoms with van der Waals surface area (Å²) in [7, 11) is -3.88. The zero-order valence-electron chi connectivity index (χ0n) is 9.04. The number of pyridine rings is 2. The molecule has 6 nitrogen and oxygen atoms in total. The Morgan fingerprint density at radius 3 is 2.61 bits per heavy atom. The van der Waals surface area contributed by atoms with E-state index in [1.165, 1.54) is 24.4 Å². The van der Waals surface area contributed by atoms with E-state index in [4.69, 9.17) is 5.73 Å². The second kappa shape index (κ2) is 4.57. The van der Waals surface area contributed by atoms with E-state index in [1.807, 2.05) is 0 Å². The molecule has 0 aliphatic carbocycles. The van der Waals surface area contributed by atoms with Crippen LogP contribution in [0, 0.1) is 5.82 Å². The number of halogens is 1. The molecule has 0 bridgehead atoms. The van der Waals surface area contributed by atoms with Crippen molar-refractivity contribution >= 4 is 21.7 Å². The molecule has 0 atom stereocenters. The molecule has 18 heavy (non-hydrogen) atoms. The monoisotopic (exact) mass is 268 g/mol. The molecule has 0 saturated heterocycles. The van der Waals surface area contributed by atoms with E-state index in [1.54, 1.807) is 0 Å². The summed E-state index contributed by atoms with van der Waals surface area (Å²) in [5, 5.41) is 0. The van der Waals surface area contributed by atoms with Crippen LogP contribution in [0.3, 0.4) is 0 Å².